The molecule has 3 heteroatoms. The molecule has 0 spiro atoms. The summed E-state index contributed by atoms with van der Waals surface area (Å²) in [4.78, 5) is 0. The van der Waals surface area contributed by atoms with Gasteiger partial charge < -0.3 is 10.1 Å². The summed E-state index contributed by atoms with van der Waals surface area (Å²) in [6, 6.07) is 16.1. The van der Waals surface area contributed by atoms with Gasteiger partial charge in [0.2, 0.25) is 0 Å². The van der Waals surface area contributed by atoms with Gasteiger partial charge in [0, 0.05) is 18.1 Å². The van der Waals surface area contributed by atoms with Crippen LogP contribution in [0.15, 0.2) is 48.5 Å². The van der Waals surface area contributed by atoms with Crippen molar-refractivity contribution in [3.63, 3.8) is 0 Å². The first-order valence-electron chi connectivity index (χ1n) is 6.95. The van der Waals surface area contributed by atoms with Crippen molar-refractivity contribution in [3.05, 3.63) is 64.7 Å². The van der Waals surface area contributed by atoms with E-state index < -0.39 is 0 Å². The van der Waals surface area contributed by atoms with Crippen LogP contribution in [0, 0.1) is 0 Å². The largest absolute Gasteiger partial charge is 0.494 e. The van der Waals surface area contributed by atoms with Gasteiger partial charge in [-0.15, -0.1) is 0 Å². The average Bonchev–Trinajstić information content (AvgIpc) is 2.46. The second kappa shape index (κ2) is 7.93. The van der Waals surface area contributed by atoms with E-state index in [4.69, 9.17) is 16.3 Å². The molecule has 0 amide bonds. The van der Waals surface area contributed by atoms with E-state index in [2.05, 4.69) is 30.4 Å². The zero-order valence-corrected chi connectivity index (χ0v) is 12.5. The minimum atomic E-state index is 0.770. The molecule has 0 aliphatic carbocycles. The molecule has 0 heterocycles. The molecule has 0 saturated carbocycles. The molecule has 0 fully saturated rings. The summed E-state index contributed by atoms with van der Waals surface area (Å²) in [5.74, 6) is 0.936. The zero-order chi connectivity index (χ0) is 14.2. The molecule has 0 aromatic heterocycles. The van der Waals surface area contributed by atoms with Gasteiger partial charge in [-0.2, -0.15) is 0 Å². The van der Waals surface area contributed by atoms with Crippen LogP contribution in [0.3, 0.4) is 0 Å². The fourth-order valence-electron chi connectivity index (χ4n) is 1.92. The number of benzene rings is 2. The third-order valence-corrected chi connectivity index (χ3v) is 3.18. The number of halogens is 1. The van der Waals surface area contributed by atoms with Gasteiger partial charge in [0.15, 0.2) is 0 Å². The molecule has 0 saturated heterocycles. The van der Waals surface area contributed by atoms with Gasteiger partial charge in [0.05, 0.1) is 6.61 Å². The first-order valence-corrected chi connectivity index (χ1v) is 7.32. The number of hydrogen-bond acceptors (Lipinski definition) is 2. The van der Waals surface area contributed by atoms with E-state index in [1.165, 1.54) is 11.1 Å². The number of nitrogens with one attached hydrogen (secondary N) is 1. The molecule has 0 aliphatic heterocycles. The molecule has 0 atom stereocenters. The lowest BCUT2D eigenvalue weighted by atomic mass is 10.2. The van der Waals surface area contributed by atoms with Crippen LogP contribution in [-0.4, -0.2) is 6.61 Å². The molecule has 0 bridgehead atoms. The highest BCUT2D eigenvalue weighted by Crippen LogP contribution is 2.13. The first-order chi connectivity index (χ1) is 9.78. The summed E-state index contributed by atoms with van der Waals surface area (Å²) >= 11 is 5.96. The Morgan fingerprint density at radius 2 is 1.75 bits per heavy atom. The summed E-state index contributed by atoms with van der Waals surface area (Å²) in [7, 11) is 0. The van der Waals surface area contributed by atoms with Gasteiger partial charge in [0.1, 0.15) is 5.75 Å². The highest BCUT2D eigenvalue weighted by molar-refractivity contribution is 6.30. The normalized spacial score (nSPS) is 10.5. The van der Waals surface area contributed by atoms with Crippen LogP contribution in [0.2, 0.25) is 5.02 Å². The molecule has 106 valence electrons. The molecule has 0 aliphatic rings. The van der Waals surface area contributed by atoms with Crippen molar-refractivity contribution >= 4 is 11.6 Å². The Hall–Kier alpha value is -1.51. The third kappa shape index (κ3) is 4.87. The van der Waals surface area contributed by atoms with Crippen molar-refractivity contribution in [2.24, 2.45) is 0 Å². The van der Waals surface area contributed by atoms with Crippen LogP contribution in [0.4, 0.5) is 0 Å². The maximum Gasteiger partial charge on any atom is 0.119 e. The molecule has 2 rings (SSSR count). The lowest BCUT2D eigenvalue weighted by Crippen LogP contribution is -2.12. The van der Waals surface area contributed by atoms with Crippen molar-refractivity contribution in [2.75, 3.05) is 6.61 Å². The van der Waals surface area contributed by atoms with Crippen molar-refractivity contribution in [1.82, 2.24) is 5.32 Å². The van der Waals surface area contributed by atoms with E-state index in [0.717, 1.165) is 36.9 Å². The van der Waals surface area contributed by atoms with Crippen LogP contribution in [0.25, 0.3) is 0 Å². The summed E-state index contributed by atoms with van der Waals surface area (Å²) in [5.41, 5.74) is 2.44. The molecule has 1 N–H and O–H groups in total. The summed E-state index contributed by atoms with van der Waals surface area (Å²) in [5, 5.41) is 4.19. The Morgan fingerprint density at radius 3 is 2.45 bits per heavy atom. The van der Waals surface area contributed by atoms with Gasteiger partial charge >= 0.3 is 0 Å². The van der Waals surface area contributed by atoms with E-state index in [9.17, 15) is 0 Å². The molecule has 2 aromatic rings. The van der Waals surface area contributed by atoms with Crippen molar-refractivity contribution < 1.29 is 4.74 Å². The molecule has 0 unspecified atom stereocenters. The Kier molecular flexibility index (Phi) is 5.90. The summed E-state index contributed by atoms with van der Waals surface area (Å²) in [6.07, 6.45) is 1.03. The standard InChI is InChI=1S/C17H20ClNO/c1-2-10-20-17-8-6-14(7-9-17)12-19-13-15-4-3-5-16(18)11-15/h3-9,11,19H,2,10,12-13H2,1H3. The summed E-state index contributed by atoms with van der Waals surface area (Å²) in [6.45, 7) is 4.52. The molecule has 20 heavy (non-hydrogen) atoms. The van der Waals surface area contributed by atoms with E-state index in [-0.39, 0.29) is 0 Å². The maximum absolute atomic E-state index is 5.96. The second-order valence-electron chi connectivity index (χ2n) is 4.73. The van der Waals surface area contributed by atoms with Gasteiger partial charge in [0.25, 0.3) is 0 Å². The van der Waals surface area contributed by atoms with Crippen LogP contribution in [0.1, 0.15) is 24.5 Å². The van der Waals surface area contributed by atoms with Crippen molar-refractivity contribution in [1.29, 1.82) is 0 Å². The van der Waals surface area contributed by atoms with Crippen LogP contribution in [-0.2, 0) is 13.1 Å². The highest BCUT2D eigenvalue weighted by Gasteiger charge is 1.97. The lowest BCUT2D eigenvalue weighted by molar-refractivity contribution is 0.317. The minimum absolute atomic E-state index is 0.770. The third-order valence-electron chi connectivity index (χ3n) is 2.94. The monoisotopic (exact) mass is 289 g/mol. The van der Waals surface area contributed by atoms with E-state index >= 15 is 0 Å². The summed E-state index contributed by atoms with van der Waals surface area (Å²) < 4.78 is 5.56. The van der Waals surface area contributed by atoms with Crippen molar-refractivity contribution in [3.8, 4) is 5.75 Å². The predicted octanol–water partition coefficient (Wildman–Crippen LogP) is 4.42. The topological polar surface area (TPSA) is 21.3 Å². The molecule has 2 aromatic carbocycles. The van der Waals surface area contributed by atoms with Gasteiger partial charge in [-0.05, 0) is 41.8 Å². The first kappa shape index (κ1) is 14.9. The van der Waals surface area contributed by atoms with E-state index in [0.29, 0.717) is 0 Å². The predicted molar refractivity (Wildman–Crippen MR) is 84.2 cm³/mol. The number of hydrogen-bond donors (Lipinski definition) is 1. The highest BCUT2D eigenvalue weighted by atomic mass is 35.5. The number of rotatable bonds is 7. The van der Waals surface area contributed by atoms with Gasteiger partial charge in [-0.3, -0.25) is 0 Å². The SMILES string of the molecule is CCCOc1ccc(CNCc2cccc(Cl)c2)cc1. The Morgan fingerprint density at radius 1 is 1.00 bits per heavy atom. The van der Waals surface area contributed by atoms with Crippen LogP contribution >= 0.6 is 11.6 Å². The molecular formula is C17H20ClNO. The fraction of sp³-hybridized carbons (Fsp3) is 0.294. The van der Waals surface area contributed by atoms with Crippen LogP contribution < -0.4 is 10.1 Å². The minimum Gasteiger partial charge on any atom is -0.494 e. The molecule has 2 nitrogen and oxygen atoms in total. The average molecular weight is 290 g/mol. The Bertz CT molecular complexity index is 525. The van der Waals surface area contributed by atoms with E-state index in [1.54, 1.807) is 0 Å². The smallest absolute Gasteiger partial charge is 0.119 e. The van der Waals surface area contributed by atoms with Gasteiger partial charge in [-0.1, -0.05) is 42.8 Å². The van der Waals surface area contributed by atoms with Crippen molar-refractivity contribution in [2.45, 2.75) is 26.4 Å². The quantitative estimate of drug-likeness (QED) is 0.815. The maximum atomic E-state index is 5.96. The van der Waals surface area contributed by atoms with Gasteiger partial charge in [-0.25, -0.2) is 0 Å². The fourth-order valence-corrected chi connectivity index (χ4v) is 2.13. The van der Waals surface area contributed by atoms with E-state index in [1.807, 2.05) is 30.3 Å². The second-order valence-corrected chi connectivity index (χ2v) is 5.16. The lowest BCUT2D eigenvalue weighted by Gasteiger charge is -2.07. The zero-order valence-electron chi connectivity index (χ0n) is 11.7. The molecule has 0 radical (unpaired) electrons. The Balaban J connectivity index is 1.79. The number of ether oxygens (including phenoxy) is 1. The molecular weight excluding hydrogens is 270 g/mol. The van der Waals surface area contributed by atoms with Crippen LogP contribution in [0.5, 0.6) is 5.75 Å². The Labute approximate surface area is 125 Å².